The van der Waals surface area contributed by atoms with Gasteiger partial charge >= 0.3 is 0 Å². The quantitative estimate of drug-likeness (QED) is 0.851. The van der Waals surface area contributed by atoms with E-state index in [4.69, 9.17) is 5.73 Å². The number of nitrogens with one attached hydrogen (secondary N) is 1. The summed E-state index contributed by atoms with van der Waals surface area (Å²) in [5.41, 5.74) is 8.78. The van der Waals surface area contributed by atoms with Crippen LogP contribution in [0.5, 0.6) is 0 Å². The summed E-state index contributed by atoms with van der Waals surface area (Å²) in [5.74, 6) is 0. The number of benzene rings is 2. The van der Waals surface area contributed by atoms with Gasteiger partial charge < -0.3 is 11.1 Å². The highest BCUT2D eigenvalue weighted by molar-refractivity contribution is 7.89. The number of anilines is 3. The smallest absolute Gasteiger partial charge is 0.244 e. The maximum atomic E-state index is 12.2. The summed E-state index contributed by atoms with van der Waals surface area (Å²) in [6.07, 6.45) is 0. The average molecular weight is 305 g/mol. The number of para-hydroxylation sites is 1. The fraction of sp³-hybridized carbons (Fsp3) is 0.200. The highest BCUT2D eigenvalue weighted by Crippen LogP contribution is 2.30. The van der Waals surface area contributed by atoms with Crippen molar-refractivity contribution in [1.82, 2.24) is 4.31 Å². The molecular weight excluding hydrogens is 286 g/mol. The lowest BCUT2D eigenvalue weighted by molar-refractivity contribution is 0.521. The number of nitrogens with two attached hydrogens (primary N) is 1. The molecule has 0 fully saturated rings. The molecule has 0 heterocycles. The lowest BCUT2D eigenvalue weighted by Gasteiger charge is -2.16. The van der Waals surface area contributed by atoms with Crippen LogP contribution in [0.1, 0.15) is 5.56 Å². The fourth-order valence-electron chi connectivity index (χ4n) is 1.95. The molecule has 0 atom stereocenters. The highest BCUT2D eigenvalue weighted by Gasteiger charge is 2.21. The molecule has 6 heteroatoms. The second kappa shape index (κ2) is 5.75. The first-order valence-corrected chi connectivity index (χ1v) is 7.91. The van der Waals surface area contributed by atoms with Crippen molar-refractivity contribution >= 4 is 27.1 Å². The lowest BCUT2D eigenvalue weighted by Crippen LogP contribution is -2.23. The van der Waals surface area contributed by atoms with E-state index in [1.165, 1.54) is 20.2 Å². The number of nitrogen functional groups attached to an aromatic ring is 1. The SMILES string of the molecule is Cc1cccc(Nc2cccc(S(=O)(=O)N(C)C)c2N)c1. The van der Waals surface area contributed by atoms with Crippen LogP contribution in [0.2, 0.25) is 0 Å². The standard InChI is InChI=1S/C15H19N3O2S/c1-11-6-4-7-12(10-11)17-13-8-5-9-14(15(13)16)21(19,20)18(2)3/h4-10,17H,16H2,1-3H3. The van der Waals surface area contributed by atoms with Crippen molar-refractivity contribution in [2.45, 2.75) is 11.8 Å². The number of hydrogen-bond acceptors (Lipinski definition) is 4. The van der Waals surface area contributed by atoms with Crippen LogP contribution >= 0.6 is 0 Å². The molecule has 0 saturated heterocycles. The molecule has 0 aliphatic heterocycles. The molecule has 21 heavy (non-hydrogen) atoms. The maximum absolute atomic E-state index is 12.2. The van der Waals surface area contributed by atoms with Crippen molar-refractivity contribution in [1.29, 1.82) is 0 Å². The molecule has 0 aliphatic rings. The normalized spacial score (nSPS) is 11.6. The molecule has 0 bridgehead atoms. The topological polar surface area (TPSA) is 75.4 Å². The van der Waals surface area contributed by atoms with Crippen LogP contribution in [0, 0.1) is 6.92 Å². The zero-order chi connectivity index (χ0) is 15.6. The zero-order valence-electron chi connectivity index (χ0n) is 12.3. The van der Waals surface area contributed by atoms with E-state index < -0.39 is 10.0 Å². The van der Waals surface area contributed by atoms with E-state index >= 15 is 0 Å². The van der Waals surface area contributed by atoms with E-state index in [1.807, 2.05) is 31.2 Å². The van der Waals surface area contributed by atoms with Crippen molar-refractivity contribution in [3.05, 3.63) is 48.0 Å². The number of aryl methyl sites for hydroxylation is 1. The van der Waals surface area contributed by atoms with Crippen LogP contribution in [0.4, 0.5) is 17.1 Å². The van der Waals surface area contributed by atoms with Crippen LogP contribution in [-0.4, -0.2) is 26.8 Å². The number of hydrogen-bond donors (Lipinski definition) is 2. The third kappa shape index (κ3) is 3.17. The second-order valence-corrected chi connectivity index (χ2v) is 7.12. The molecule has 0 saturated carbocycles. The Morgan fingerprint density at radius 1 is 1.10 bits per heavy atom. The largest absolute Gasteiger partial charge is 0.396 e. The monoisotopic (exact) mass is 305 g/mol. The zero-order valence-corrected chi connectivity index (χ0v) is 13.1. The lowest BCUT2D eigenvalue weighted by atomic mass is 10.2. The van der Waals surface area contributed by atoms with Gasteiger partial charge in [0.15, 0.2) is 0 Å². The first-order valence-electron chi connectivity index (χ1n) is 6.47. The van der Waals surface area contributed by atoms with Gasteiger partial charge in [-0.25, -0.2) is 12.7 Å². The first kappa shape index (κ1) is 15.3. The molecule has 2 aromatic carbocycles. The summed E-state index contributed by atoms with van der Waals surface area (Å²) in [4.78, 5) is 0.102. The number of sulfonamides is 1. The fourth-order valence-corrected chi connectivity index (χ4v) is 2.98. The number of rotatable bonds is 4. The minimum atomic E-state index is -3.56. The Bertz CT molecular complexity index is 755. The van der Waals surface area contributed by atoms with Crippen molar-refractivity contribution in [2.75, 3.05) is 25.1 Å². The van der Waals surface area contributed by atoms with Crippen LogP contribution in [0.25, 0.3) is 0 Å². The Balaban J connectivity index is 2.44. The van der Waals surface area contributed by atoms with Crippen molar-refractivity contribution in [2.24, 2.45) is 0 Å². The van der Waals surface area contributed by atoms with Gasteiger partial charge in [-0.1, -0.05) is 18.2 Å². The van der Waals surface area contributed by atoms with Gasteiger partial charge in [0.2, 0.25) is 10.0 Å². The molecule has 2 aromatic rings. The van der Waals surface area contributed by atoms with Gasteiger partial charge in [0.05, 0.1) is 11.4 Å². The predicted molar refractivity (Wildman–Crippen MR) is 86.2 cm³/mol. The van der Waals surface area contributed by atoms with Crippen LogP contribution in [0.3, 0.4) is 0 Å². The molecule has 112 valence electrons. The third-order valence-electron chi connectivity index (χ3n) is 3.12. The molecule has 0 spiro atoms. The molecule has 2 rings (SSSR count). The van der Waals surface area contributed by atoms with Crippen LogP contribution in [0.15, 0.2) is 47.4 Å². The van der Waals surface area contributed by atoms with E-state index in [-0.39, 0.29) is 10.6 Å². The second-order valence-electron chi connectivity index (χ2n) is 5.00. The van der Waals surface area contributed by atoms with Gasteiger partial charge in [-0.2, -0.15) is 0 Å². The summed E-state index contributed by atoms with van der Waals surface area (Å²) in [6, 6.07) is 12.7. The average Bonchev–Trinajstić information content (AvgIpc) is 2.41. The summed E-state index contributed by atoms with van der Waals surface area (Å²) in [7, 11) is -0.599. The molecular formula is C15H19N3O2S. The molecule has 5 nitrogen and oxygen atoms in total. The van der Waals surface area contributed by atoms with Gasteiger partial charge in [0, 0.05) is 19.8 Å². The van der Waals surface area contributed by atoms with Crippen molar-refractivity contribution in [3.63, 3.8) is 0 Å². The Morgan fingerprint density at radius 2 is 1.76 bits per heavy atom. The molecule has 0 radical (unpaired) electrons. The van der Waals surface area contributed by atoms with Gasteiger partial charge in [-0.15, -0.1) is 0 Å². The highest BCUT2D eigenvalue weighted by atomic mass is 32.2. The van der Waals surface area contributed by atoms with Crippen molar-refractivity contribution in [3.8, 4) is 0 Å². The summed E-state index contributed by atoms with van der Waals surface area (Å²) in [5, 5.41) is 3.16. The summed E-state index contributed by atoms with van der Waals surface area (Å²) >= 11 is 0. The predicted octanol–water partition coefficient (Wildman–Crippen LogP) is 2.57. The molecule has 0 unspecified atom stereocenters. The summed E-state index contributed by atoms with van der Waals surface area (Å²) in [6.45, 7) is 1.99. The minimum absolute atomic E-state index is 0.102. The van der Waals surface area contributed by atoms with E-state index in [9.17, 15) is 8.42 Å². The Hall–Kier alpha value is -2.05. The summed E-state index contributed by atoms with van der Waals surface area (Å²) < 4.78 is 25.6. The van der Waals surface area contributed by atoms with Gasteiger partial charge in [-0.05, 0) is 36.8 Å². The Morgan fingerprint density at radius 3 is 2.38 bits per heavy atom. The Kier molecular flexibility index (Phi) is 4.20. The van der Waals surface area contributed by atoms with Gasteiger partial charge in [0.1, 0.15) is 4.90 Å². The molecule has 0 aliphatic carbocycles. The number of nitrogens with zero attached hydrogens (tertiary/aromatic N) is 1. The minimum Gasteiger partial charge on any atom is -0.396 e. The maximum Gasteiger partial charge on any atom is 0.244 e. The van der Waals surface area contributed by atoms with Gasteiger partial charge in [0.25, 0.3) is 0 Å². The molecule has 0 amide bonds. The molecule has 0 aromatic heterocycles. The van der Waals surface area contributed by atoms with E-state index in [2.05, 4.69) is 5.32 Å². The first-order chi connectivity index (χ1) is 9.82. The van der Waals surface area contributed by atoms with Gasteiger partial charge in [-0.3, -0.25) is 0 Å². The van der Waals surface area contributed by atoms with E-state index in [0.717, 1.165) is 15.6 Å². The van der Waals surface area contributed by atoms with E-state index in [0.29, 0.717) is 5.69 Å². The molecule has 3 N–H and O–H groups in total. The van der Waals surface area contributed by atoms with Crippen LogP contribution in [-0.2, 0) is 10.0 Å². The Labute approximate surface area is 125 Å². The third-order valence-corrected chi connectivity index (χ3v) is 5.00. The van der Waals surface area contributed by atoms with E-state index in [1.54, 1.807) is 12.1 Å². The van der Waals surface area contributed by atoms with Crippen LogP contribution < -0.4 is 11.1 Å². The van der Waals surface area contributed by atoms with Crippen molar-refractivity contribution < 1.29 is 8.42 Å².